The Kier molecular flexibility index (Phi) is 4.93. The second kappa shape index (κ2) is 7.14. The van der Waals surface area contributed by atoms with Crippen molar-refractivity contribution in [1.82, 2.24) is 9.78 Å². The topological polar surface area (TPSA) is 56.6 Å². The van der Waals surface area contributed by atoms with E-state index in [2.05, 4.69) is 9.84 Å². The van der Waals surface area contributed by atoms with E-state index in [1.165, 1.54) is 35.0 Å². The second-order valence-corrected chi connectivity index (χ2v) is 5.50. The summed E-state index contributed by atoms with van der Waals surface area (Å²) in [6, 6.07) is 6.83. The van der Waals surface area contributed by atoms with Gasteiger partial charge in [-0.1, -0.05) is 12.1 Å². The van der Waals surface area contributed by atoms with E-state index in [1.807, 2.05) is 4.90 Å². The first kappa shape index (κ1) is 17.3. The average molecular weight is 355 g/mol. The van der Waals surface area contributed by atoms with Gasteiger partial charge in [0.05, 0.1) is 31.6 Å². The third-order valence-electron chi connectivity index (χ3n) is 3.72. The van der Waals surface area contributed by atoms with Crippen LogP contribution in [0.25, 0.3) is 0 Å². The summed E-state index contributed by atoms with van der Waals surface area (Å²) in [7, 11) is 0. The van der Waals surface area contributed by atoms with Crippen molar-refractivity contribution >= 4 is 5.69 Å². The number of hydrogen-bond acceptors (Lipinski definition) is 5. The molecule has 2 heterocycles. The molecule has 0 spiro atoms. The highest BCUT2D eigenvalue weighted by Gasteiger charge is 2.30. The maximum Gasteiger partial charge on any atom is 0.573 e. The van der Waals surface area contributed by atoms with Crippen LogP contribution in [0.2, 0.25) is 0 Å². The number of anilines is 1. The molecule has 0 atom stereocenters. The molecule has 3 rings (SSSR count). The van der Waals surface area contributed by atoms with Crippen LogP contribution in [0, 0.1) is 0 Å². The Labute approximate surface area is 141 Å². The first-order valence-corrected chi connectivity index (χ1v) is 7.65. The Morgan fingerprint density at radius 2 is 1.84 bits per heavy atom. The van der Waals surface area contributed by atoms with Crippen LogP contribution in [0.3, 0.4) is 0 Å². The summed E-state index contributed by atoms with van der Waals surface area (Å²) in [5, 5.41) is 4.14. The standard InChI is InChI=1S/C16H16F3N3O3/c17-16(18,19)25-14-3-1-12(2-4-14)11-22-15(23)9-13(10-20-22)21-5-7-24-8-6-21/h1-4,9-10H,5-8,11H2. The van der Waals surface area contributed by atoms with Crippen LogP contribution in [-0.2, 0) is 11.3 Å². The van der Waals surface area contributed by atoms with E-state index >= 15 is 0 Å². The van der Waals surface area contributed by atoms with Gasteiger partial charge in [-0.05, 0) is 17.7 Å². The molecule has 134 valence electrons. The van der Waals surface area contributed by atoms with Gasteiger partial charge >= 0.3 is 6.36 Å². The Morgan fingerprint density at radius 1 is 1.16 bits per heavy atom. The van der Waals surface area contributed by atoms with Crippen molar-refractivity contribution in [3.05, 3.63) is 52.4 Å². The normalized spacial score (nSPS) is 15.2. The van der Waals surface area contributed by atoms with E-state index in [9.17, 15) is 18.0 Å². The highest BCUT2D eigenvalue weighted by Crippen LogP contribution is 2.22. The molecule has 1 fully saturated rings. The number of ether oxygens (including phenoxy) is 2. The fourth-order valence-electron chi connectivity index (χ4n) is 2.51. The molecule has 1 aliphatic heterocycles. The molecule has 0 unspecified atom stereocenters. The first-order valence-electron chi connectivity index (χ1n) is 7.65. The zero-order chi connectivity index (χ0) is 17.9. The number of nitrogens with zero attached hydrogens (tertiary/aromatic N) is 3. The zero-order valence-electron chi connectivity index (χ0n) is 13.2. The van der Waals surface area contributed by atoms with Crippen molar-refractivity contribution in [2.75, 3.05) is 31.2 Å². The lowest BCUT2D eigenvalue weighted by Gasteiger charge is -2.28. The molecule has 9 heteroatoms. The minimum atomic E-state index is -4.73. The lowest BCUT2D eigenvalue weighted by atomic mass is 10.2. The lowest BCUT2D eigenvalue weighted by Crippen LogP contribution is -2.37. The Bertz CT molecular complexity index is 769. The van der Waals surface area contributed by atoms with Crippen LogP contribution in [0.15, 0.2) is 41.3 Å². The number of rotatable bonds is 4. The average Bonchev–Trinajstić information content (AvgIpc) is 2.58. The number of morpholine rings is 1. The van der Waals surface area contributed by atoms with Gasteiger partial charge in [0.25, 0.3) is 5.56 Å². The van der Waals surface area contributed by atoms with Gasteiger partial charge in [0.1, 0.15) is 5.75 Å². The second-order valence-electron chi connectivity index (χ2n) is 5.50. The quantitative estimate of drug-likeness (QED) is 0.840. The van der Waals surface area contributed by atoms with E-state index in [1.54, 1.807) is 6.20 Å². The van der Waals surface area contributed by atoms with Crippen LogP contribution in [0.1, 0.15) is 5.56 Å². The van der Waals surface area contributed by atoms with Crippen LogP contribution < -0.4 is 15.2 Å². The van der Waals surface area contributed by atoms with Crippen molar-refractivity contribution in [3.63, 3.8) is 0 Å². The van der Waals surface area contributed by atoms with Gasteiger partial charge < -0.3 is 14.4 Å². The summed E-state index contributed by atoms with van der Waals surface area (Å²) in [5.41, 5.74) is 1.10. The van der Waals surface area contributed by atoms with Crippen molar-refractivity contribution in [2.24, 2.45) is 0 Å². The summed E-state index contributed by atoms with van der Waals surface area (Å²) < 4.78 is 46.8. The van der Waals surface area contributed by atoms with Crippen LogP contribution in [-0.4, -0.2) is 42.4 Å². The third-order valence-corrected chi connectivity index (χ3v) is 3.72. The van der Waals surface area contributed by atoms with Crippen molar-refractivity contribution in [2.45, 2.75) is 12.9 Å². The monoisotopic (exact) mass is 355 g/mol. The zero-order valence-corrected chi connectivity index (χ0v) is 13.2. The van der Waals surface area contributed by atoms with E-state index in [-0.39, 0.29) is 17.9 Å². The fourth-order valence-corrected chi connectivity index (χ4v) is 2.51. The molecule has 1 saturated heterocycles. The SMILES string of the molecule is O=c1cc(N2CCOCC2)cnn1Cc1ccc(OC(F)(F)F)cc1. The van der Waals surface area contributed by atoms with Crippen molar-refractivity contribution in [1.29, 1.82) is 0 Å². The van der Waals surface area contributed by atoms with Crippen LogP contribution in [0.4, 0.5) is 18.9 Å². The molecule has 0 saturated carbocycles. The molecule has 0 aliphatic carbocycles. The van der Waals surface area contributed by atoms with Gasteiger partial charge in [0.2, 0.25) is 0 Å². The molecule has 0 N–H and O–H groups in total. The number of hydrogen-bond donors (Lipinski definition) is 0. The lowest BCUT2D eigenvalue weighted by molar-refractivity contribution is -0.274. The molecule has 6 nitrogen and oxygen atoms in total. The van der Waals surface area contributed by atoms with Gasteiger partial charge in [-0.25, -0.2) is 4.68 Å². The predicted molar refractivity (Wildman–Crippen MR) is 83.8 cm³/mol. The van der Waals surface area contributed by atoms with Gasteiger partial charge in [-0.3, -0.25) is 4.79 Å². The van der Waals surface area contributed by atoms with Crippen LogP contribution >= 0.6 is 0 Å². The molecule has 1 aromatic carbocycles. The number of halogens is 3. The smallest absolute Gasteiger partial charge is 0.406 e. The molecule has 25 heavy (non-hydrogen) atoms. The molecule has 0 radical (unpaired) electrons. The molecule has 0 bridgehead atoms. The molecule has 2 aromatic rings. The summed E-state index contributed by atoms with van der Waals surface area (Å²) in [4.78, 5) is 14.2. The Morgan fingerprint density at radius 3 is 2.44 bits per heavy atom. The Hall–Kier alpha value is -2.55. The highest BCUT2D eigenvalue weighted by molar-refractivity contribution is 5.43. The summed E-state index contributed by atoms with van der Waals surface area (Å²) in [6.07, 6.45) is -3.12. The summed E-state index contributed by atoms with van der Waals surface area (Å²) in [5.74, 6) is -0.306. The fraction of sp³-hybridized carbons (Fsp3) is 0.375. The number of alkyl halides is 3. The van der Waals surface area contributed by atoms with E-state index < -0.39 is 6.36 Å². The number of benzene rings is 1. The van der Waals surface area contributed by atoms with Gasteiger partial charge in [0.15, 0.2) is 0 Å². The largest absolute Gasteiger partial charge is 0.573 e. The third kappa shape index (κ3) is 4.72. The maximum atomic E-state index is 12.2. The molecule has 1 aromatic heterocycles. The van der Waals surface area contributed by atoms with E-state index in [0.29, 0.717) is 31.9 Å². The first-order chi connectivity index (χ1) is 11.9. The number of aromatic nitrogens is 2. The molecule has 0 amide bonds. The van der Waals surface area contributed by atoms with Crippen LogP contribution in [0.5, 0.6) is 5.75 Å². The highest BCUT2D eigenvalue weighted by atomic mass is 19.4. The minimum Gasteiger partial charge on any atom is -0.406 e. The van der Waals surface area contributed by atoms with Crippen molar-refractivity contribution < 1.29 is 22.6 Å². The van der Waals surface area contributed by atoms with Gasteiger partial charge in [0, 0.05) is 19.2 Å². The Balaban J connectivity index is 1.69. The molecular formula is C16H16F3N3O3. The minimum absolute atomic E-state index is 0.161. The predicted octanol–water partition coefficient (Wildman–Crippen LogP) is 2.03. The molecular weight excluding hydrogens is 339 g/mol. The summed E-state index contributed by atoms with van der Waals surface area (Å²) in [6.45, 7) is 2.77. The van der Waals surface area contributed by atoms with E-state index in [4.69, 9.17) is 4.74 Å². The van der Waals surface area contributed by atoms with Gasteiger partial charge in [-0.2, -0.15) is 5.10 Å². The maximum absolute atomic E-state index is 12.2. The molecule has 1 aliphatic rings. The van der Waals surface area contributed by atoms with Crippen molar-refractivity contribution in [3.8, 4) is 5.75 Å². The van der Waals surface area contributed by atoms with Gasteiger partial charge in [-0.15, -0.1) is 13.2 Å². The van der Waals surface area contributed by atoms with E-state index in [0.717, 1.165) is 5.69 Å². The summed E-state index contributed by atoms with van der Waals surface area (Å²) >= 11 is 0.